The maximum Gasteiger partial charge on any atom is 0.332 e. The second kappa shape index (κ2) is 7.54. The number of amides is 3. The third kappa shape index (κ3) is 4.37. The van der Waals surface area contributed by atoms with Gasteiger partial charge in [0.05, 0.1) is 5.71 Å². The van der Waals surface area contributed by atoms with Gasteiger partial charge in [-0.15, -0.1) is 0 Å². The Bertz CT molecular complexity index is 1030. The van der Waals surface area contributed by atoms with Gasteiger partial charge in [-0.25, -0.2) is 10.2 Å². The maximum absolute atomic E-state index is 12.8. The lowest BCUT2D eigenvalue weighted by Crippen LogP contribution is -2.31. The highest BCUT2D eigenvalue weighted by molar-refractivity contribution is 6.09. The van der Waals surface area contributed by atoms with Crippen molar-refractivity contribution in [3.8, 4) is 0 Å². The maximum atomic E-state index is 12.8. The molecule has 8 heteroatoms. The third-order valence-electron chi connectivity index (χ3n) is 4.83. The Balaban J connectivity index is 1.95. The molecule has 4 N–H and O–H groups in total. The van der Waals surface area contributed by atoms with Crippen molar-refractivity contribution in [3.05, 3.63) is 52.5 Å². The fourth-order valence-corrected chi connectivity index (χ4v) is 3.55. The van der Waals surface area contributed by atoms with Crippen LogP contribution in [-0.4, -0.2) is 23.4 Å². The number of rotatable bonds is 4. The zero-order valence-electron chi connectivity index (χ0n) is 16.9. The number of benzene rings is 1. The van der Waals surface area contributed by atoms with Gasteiger partial charge in [0.15, 0.2) is 11.5 Å². The number of primary amides is 1. The topological polar surface area (TPSA) is 127 Å². The second-order valence-electron chi connectivity index (χ2n) is 8.00. The molecule has 3 rings (SSSR count). The first-order valence-corrected chi connectivity index (χ1v) is 9.24. The largest absolute Gasteiger partial charge is 0.455 e. The molecule has 1 aliphatic carbocycles. The number of nitrogens with one attached hydrogen (secondary N) is 2. The summed E-state index contributed by atoms with van der Waals surface area (Å²) in [6, 6.07) is 5.95. The Morgan fingerprint density at radius 2 is 1.93 bits per heavy atom. The molecule has 0 atom stereocenters. The number of hydrogen-bond acceptors (Lipinski definition) is 5. The summed E-state index contributed by atoms with van der Waals surface area (Å²) in [7, 11) is 0. The van der Waals surface area contributed by atoms with Crippen molar-refractivity contribution >= 4 is 29.1 Å². The van der Waals surface area contributed by atoms with Crippen LogP contribution in [0, 0.1) is 12.3 Å². The SMILES string of the molecule is CC(=O)c1cccc(NC(=O)c2oc3c(c2C)/C(=N\NC(N)=O)CC(C)(C)C3)c1. The predicted molar refractivity (Wildman–Crippen MR) is 109 cm³/mol. The quantitative estimate of drug-likeness (QED) is 0.541. The van der Waals surface area contributed by atoms with Gasteiger partial charge in [0.1, 0.15) is 5.76 Å². The number of furan rings is 1. The number of fused-ring (bicyclic) bond motifs is 1. The minimum absolute atomic E-state index is 0.0872. The van der Waals surface area contributed by atoms with Crippen LogP contribution < -0.4 is 16.5 Å². The Kier molecular flexibility index (Phi) is 5.28. The second-order valence-corrected chi connectivity index (χ2v) is 8.00. The van der Waals surface area contributed by atoms with Gasteiger partial charge < -0.3 is 15.5 Å². The standard InChI is InChI=1S/C21H24N4O4/c1-11-17-15(24-25-20(22)28)9-21(3,4)10-16(17)29-18(11)19(27)23-14-7-5-6-13(8-14)12(2)26/h5-8H,9-10H2,1-4H3,(H,23,27)(H3,22,25,28)/b24-15-. The summed E-state index contributed by atoms with van der Waals surface area (Å²) < 4.78 is 5.92. The van der Waals surface area contributed by atoms with E-state index in [2.05, 4.69) is 29.7 Å². The normalized spacial score (nSPS) is 16.2. The van der Waals surface area contributed by atoms with E-state index in [4.69, 9.17) is 10.2 Å². The van der Waals surface area contributed by atoms with E-state index in [1.54, 1.807) is 31.2 Å². The van der Waals surface area contributed by atoms with Gasteiger partial charge in [-0.3, -0.25) is 9.59 Å². The number of nitrogens with two attached hydrogens (primary N) is 1. The number of hydrogen-bond donors (Lipinski definition) is 3. The third-order valence-corrected chi connectivity index (χ3v) is 4.83. The van der Waals surface area contributed by atoms with Crippen LogP contribution >= 0.6 is 0 Å². The first-order chi connectivity index (χ1) is 13.6. The molecular formula is C21H24N4O4. The van der Waals surface area contributed by atoms with E-state index < -0.39 is 11.9 Å². The fourth-order valence-electron chi connectivity index (χ4n) is 3.55. The molecule has 8 nitrogen and oxygen atoms in total. The lowest BCUT2D eigenvalue weighted by molar-refractivity contribution is 0.0989. The number of Topliss-reactive ketones (excluding diaryl/α,β-unsaturated/α-hetero) is 1. The molecule has 1 aromatic carbocycles. The minimum atomic E-state index is -0.758. The molecule has 0 unspecified atom stereocenters. The van der Waals surface area contributed by atoms with E-state index in [0.29, 0.717) is 41.1 Å². The van der Waals surface area contributed by atoms with Crippen LogP contribution in [0.5, 0.6) is 0 Å². The summed E-state index contributed by atoms with van der Waals surface area (Å²) in [6.07, 6.45) is 1.23. The Morgan fingerprint density at radius 1 is 1.21 bits per heavy atom. The summed E-state index contributed by atoms with van der Waals surface area (Å²) in [5.74, 6) is 0.313. The van der Waals surface area contributed by atoms with E-state index in [1.165, 1.54) is 6.92 Å². The van der Waals surface area contributed by atoms with Crippen molar-refractivity contribution in [1.29, 1.82) is 0 Å². The number of anilines is 1. The molecule has 1 heterocycles. The number of carbonyl (C=O) groups is 3. The Morgan fingerprint density at radius 3 is 2.59 bits per heavy atom. The zero-order chi connectivity index (χ0) is 21.3. The molecule has 0 aliphatic heterocycles. The highest BCUT2D eigenvalue weighted by Gasteiger charge is 2.36. The van der Waals surface area contributed by atoms with Crippen molar-refractivity contribution in [2.75, 3.05) is 5.32 Å². The van der Waals surface area contributed by atoms with E-state index in [9.17, 15) is 14.4 Å². The van der Waals surface area contributed by atoms with Gasteiger partial charge in [-0.2, -0.15) is 5.10 Å². The number of nitrogens with zero attached hydrogens (tertiary/aromatic N) is 1. The molecule has 0 fully saturated rings. The summed E-state index contributed by atoms with van der Waals surface area (Å²) in [5.41, 5.74) is 10.2. The molecule has 0 spiro atoms. The van der Waals surface area contributed by atoms with Crippen molar-refractivity contribution in [1.82, 2.24) is 5.43 Å². The van der Waals surface area contributed by atoms with E-state index >= 15 is 0 Å². The molecule has 152 valence electrons. The average molecular weight is 396 g/mol. The molecule has 0 saturated heterocycles. The van der Waals surface area contributed by atoms with E-state index in [0.717, 1.165) is 5.56 Å². The average Bonchev–Trinajstić information content (AvgIpc) is 2.95. The van der Waals surface area contributed by atoms with Crippen molar-refractivity contribution in [2.24, 2.45) is 16.3 Å². The molecule has 29 heavy (non-hydrogen) atoms. The highest BCUT2D eigenvalue weighted by atomic mass is 16.4. The first kappa shape index (κ1) is 20.3. The molecule has 2 aromatic rings. The summed E-state index contributed by atoms with van der Waals surface area (Å²) in [4.78, 5) is 35.5. The minimum Gasteiger partial charge on any atom is -0.455 e. The summed E-state index contributed by atoms with van der Waals surface area (Å²) >= 11 is 0. The smallest absolute Gasteiger partial charge is 0.332 e. The van der Waals surface area contributed by atoms with Crippen LogP contribution in [0.4, 0.5) is 10.5 Å². The van der Waals surface area contributed by atoms with Crippen LogP contribution in [0.15, 0.2) is 33.8 Å². The van der Waals surface area contributed by atoms with Gasteiger partial charge in [0, 0.05) is 28.8 Å². The molecule has 0 radical (unpaired) electrons. The van der Waals surface area contributed by atoms with Crippen LogP contribution in [0.25, 0.3) is 0 Å². The highest BCUT2D eigenvalue weighted by Crippen LogP contribution is 2.39. The number of urea groups is 1. The van der Waals surface area contributed by atoms with Crippen LogP contribution in [-0.2, 0) is 6.42 Å². The summed E-state index contributed by atoms with van der Waals surface area (Å²) in [6.45, 7) is 7.36. The van der Waals surface area contributed by atoms with Crippen LogP contribution in [0.3, 0.4) is 0 Å². The molecule has 1 aliphatic rings. The Hall–Kier alpha value is -3.42. The molecular weight excluding hydrogens is 372 g/mol. The molecule has 0 saturated carbocycles. The molecule has 3 amide bonds. The summed E-state index contributed by atoms with van der Waals surface area (Å²) in [5, 5.41) is 6.91. The fraction of sp³-hybridized carbons (Fsp3) is 0.333. The zero-order valence-corrected chi connectivity index (χ0v) is 16.9. The van der Waals surface area contributed by atoms with Gasteiger partial charge in [0.25, 0.3) is 5.91 Å². The number of hydrazone groups is 1. The number of carbonyl (C=O) groups excluding carboxylic acids is 3. The van der Waals surface area contributed by atoms with Gasteiger partial charge in [-0.1, -0.05) is 26.0 Å². The molecule has 0 bridgehead atoms. The van der Waals surface area contributed by atoms with Gasteiger partial charge >= 0.3 is 6.03 Å². The first-order valence-electron chi connectivity index (χ1n) is 9.24. The van der Waals surface area contributed by atoms with E-state index in [1.807, 2.05) is 0 Å². The van der Waals surface area contributed by atoms with Gasteiger partial charge in [-0.05, 0) is 37.8 Å². The van der Waals surface area contributed by atoms with Crippen molar-refractivity contribution in [3.63, 3.8) is 0 Å². The Labute approximate surface area is 168 Å². The predicted octanol–water partition coefficient (Wildman–Crippen LogP) is 3.39. The van der Waals surface area contributed by atoms with Crippen molar-refractivity contribution in [2.45, 2.75) is 40.5 Å². The van der Waals surface area contributed by atoms with Gasteiger partial charge in [0.2, 0.25) is 0 Å². The molecule has 1 aromatic heterocycles. The monoisotopic (exact) mass is 396 g/mol. The lowest BCUT2D eigenvalue weighted by atomic mass is 9.75. The van der Waals surface area contributed by atoms with Crippen LogP contribution in [0.1, 0.15) is 65.0 Å². The number of ketones is 1. The van der Waals surface area contributed by atoms with E-state index in [-0.39, 0.29) is 17.0 Å². The lowest BCUT2D eigenvalue weighted by Gasteiger charge is -2.29. The van der Waals surface area contributed by atoms with Crippen molar-refractivity contribution < 1.29 is 18.8 Å². The van der Waals surface area contributed by atoms with Crippen LogP contribution in [0.2, 0.25) is 0 Å².